The first kappa shape index (κ1) is 20.0. The van der Waals surface area contributed by atoms with Crippen molar-refractivity contribution in [2.45, 2.75) is 30.3 Å². The summed E-state index contributed by atoms with van der Waals surface area (Å²) in [5.74, 6) is 1.01. The molecule has 5 nitrogen and oxygen atoms in total. The Morgan fingerprint density at radius 2 is 1.97 bits per heavy atom. The third-order valence-corrected chi connectivity index (χ3v) is 6.81. The van der Waals surface area contributed by atoms with Crippen LogP contribution in [0.2, 0.25) is 0 Å². The number of ether oxygens (including phenoxy) is 2. The van der Waals surface area contributed by atoms with Crippen molar-refractivity contribution in [3.63, 3.8) is 0 Å². The summed E-state index contributed by atoms with van der Waals surface area (Å²) in [5, 5.41) is 0.687. The van der Waals surface area contributed by atoms with Crippen molar-refractivity contribution in [2.75, 3.05) is 26.5 Å². The van der Waals surface area contributed by atoms with E-state index in [0.29, 0.717) is 11.6 Å². The lowest BCUT2D eigenvalue weighted by molar-refractivity contribution is -0.132. The molecule has 152 valence electrons. The van der Waals surface area contributed by atoms with Crippen LogP contribution in [0.3, 0.4) is 0 Å². The SMILES string of the molecule is COc1ccc2nc(OC3CCN(C(=O)Cc4ccc(SC)cc4)CC3)sc2c1. The highest BCUT2D eigenvalue weighted by atomic mass is 32.2. The number of methoxy groups -OCH3 is 1. The zero-order chi connectivity index (χ0) is 20.2. The largest absolute Gasteiger partial charge is 0.497 e. The number of fused-ring (bicyclic) bond motifs is 1. The zero-order valence-corrected chi connectivity index (χ0v) is 18.2. The molecule has 0 atom stereocenters. The first-order valence-electron chi connectivity index (χ1n) is 9.66. The van der Waals surface area contributed by atoms with Gasteiger partial charge in [-0.2, -0.15) is 0 Å². The lowest BCUT2D eigenvalue weighted by Crippen LogP contribution is -2.42. The highest BCUT2D eigenvalue weighted by molar-refractivity contribution is 7.98. The lowest BCUT2D eigenvalue weighted by atomic mass is 10.1. The summed E-state index contributed by atoms with van der Waals surface area (Å²) in [4.78, 5) is 20.4. The summed E-state index contributed by atoms with van der Waals surface area (Å²) >= 11 is 3.25. The molecule has 1 amide bonds. The number of thioether (sulfide) groups is 1. The minimum atomic E-state index is 0.0994. The van der Waals surface area contributed by atoms with Crippen molar-refractivity contribution in [1.29, 1.82) is 0 Å². The molecule has 1 aliphatic rings. The van der Waals surface area contributed by atoms with Crippen molar-refractivity contribution in [1.82, 2.24) is 9.88 Å². The standard InChI is InChI=1S/C22H24N2O3S2/c1-26-17-5-8-19-20(14-17)29-22(23-19)27-16-9-11-24(12-10-16)21(25)13-15-3-6-18(28-2)7-4-15/h3-8,14,16H,9-13H2,1-2H3. The van der Waals surface area contributed by atoms with Gasteiger partial charge in [0, 0.05) is 30.8 Å². The maximum atomic E-state index is 12.6. The van der Waals surface area contributed by atoms with E-state index in [-0.39, 0.29) is 12.0 Å². The Balaban J connectivity index is 1.30. The molecule has 1 fully saturated rings. The molecule has 0 saturated carbocycles. The van der Waals surface area contributed by atoms with E-state index in [1.165, 1.54) is 16.2 Å². The van der Waals surface area contributed by atoms with Gasteiger partial charge in [-0.25, -0.2) is 4.98 Å². The number of carbonyl (C=O) groups is 1. The van der Waals surface area contributed by atoms with Gasteiger partial charge in [0.15, 0.2) is 0 Å². The summed E-state index contributed by atoms with van der Waals surface area (Å²) in [6.07, 6.45) is 4.27. The maximum Gasteiger partial charge on any atom is 0.274 e. The molecule has 3 aromatic rings. The molecule has 1 aromatic heterocycles. The summed E-state index contributed by atoms with van der Waals surface area (Å²) in [6, 6.07) is 14.1. The van der Waals surface area contributed by atoms with E-state index in [9.17, 15) is 4.79 Å². The van der Waals surface area contributed by atoms with Gasteiger partial charge in [0.25, 0.3) is 5.19 Å². The summed E-state index contributed by atoms with van der Waals surface area (Å²) in [6.45, 7) is 1.45. The van der Waals surface area contributed by atoms with Crippen LogP contribution in [0, 0.1) is 0 Å². The second-order valence-electron chi connectivity index (χ2n) is 7.04. The van der Waals surface area contributed by atoms with E-state index in [1.54, 1.807) is 18.9 Å². The number of thiazole rings is 1. The molecule has 29 heavy (non-hydrogen) atoms. The number of carbonyl (C=O) groups excluding carboxylic acids is 1. The molecule has 1 saturated heterocycles. The molecule has 2 aromatic carbocycles. The number of rotatable bonds is 6. The van der Waals surface area contributed by atoms with Crippen molar-refractivity contribution in [3.8, 4) is 10.9 Å². The van der Waals surface area contributed by atoms with Gasteiger partial charge in [-0.15, -0.1) is 11.8 Å². The van der Waals surface area contributed by atoms with E-state index >= 15 is 0 Å². The number of benzene rings is 2. The minimum absolute atomic E-state index is 0.0994. The van der Waals surface area contributed by atoms with Gasteiger partial charge in [0.05, 0.1) is 23.7 Å². The number of nitrogens with zero attached hydrogens (tertiary/aromatic N) is 2. The molecule has 7 heteroatoms. The van der Waals surface area contributed by atoms with Crippen molar-refractivity contribution in [2.24, 2.45) is 0 Å². The first-order valence-corrected chi connectivity index (χ1v) is 11.7. The van der Waals surface area contributed by atoms with Crippen LogP contribution in [-0.2, 0) is 11.2 Å². The Hall–Kier alpha value is -2.25. The summed E-state index contributed by atoms with van der Waals surface area (Å²) < 4.78 is 12.4. The highest BCUT2D eigenvalue weighted by Gasteiger charge is 2.24. The molecule has 0 N–H and O–H groups in total. The predicted octanol–water partition coefficient (Wildman–Crippen LogP) is 4.64. The topological polar surface area (TPSA) is 51.7 Å². The van der Waals surface area contributed by atoms with Crippen LogP contribution in [0.15, 0.2) is 47.4 Å². The van der Waals surface area contributed by atoms with Crippen LogP contribution in [0.1, 0.15) is 18.4 Å². The van der Waals surface area contributed by atoms with Crippen molar-refractivity contribution < 1.29 is 14.3 Å². The van der Waals surface area contributed by atoms with Crippen LogP contribution in [0.25, 0.3) is 10.2 Å². The molecule has 0 bridgehead atoms. The van der Waals surface area contributed by atoms with E-state index in [1.807, 2.05) is 35.2 Å². The highest BCUT2D eigenvalue weighted by Crippen LogP contribution is 2.32. The van der Waals surface area contributed by atoms with Gasteiger partial charge in [-0.05, 0) is 42.2 Å². The van der Waals surface area contributed by atoms with Crippen LogP contribution >= 0.6 is 23.1 Å². The Kier molecular flexibility index (Phi) is 6.25. The number of aromatic nitrogens is 1. The molecule has 0 spiro atoms. The van der Waals surface area contributed by atoms with Gasteiger partial charge >= 0.3 is 0 Å². The molecule has 4 rings (SSSR count). The molecule has 2 heterocycles. The molecular weight excluding hydrogens is 404 g/mol. The Morgan fingerprint density at radius 3 is 2.66 bits per heavy atom. The fourth-order valence-corrected chi connectivity index (χ4v) is 4.77. The van der Waals surface area contributed by atoms with Crippen molar-refractivity contribution >= 4 is 39.2 Å². The summed E-state index contributed by atoms with van der Waals surface area (Å²) in [5.41, 5.74) is 1.99. The third kappa shape index (κ3) is 4.85. The van der Waals surface area contributed by atoms with Crippen LogP contribution in [0.5, 0.6) is 10.9 Å². The average Bonchev–Trinajstić information content (AvgIpc) is 3.16. The predicted molar refractivity (Wildman–Crippen MR) is 118 cm³/mol. The van der Waals surface area contributed by atoms with Crippen LogP contribution in [-0.4, -0.2) is 48.4 Å². The average molecular weight is 429 g/mol. The quantitative estimate of drug-likeness (QED) is 0.536. The number of hydrogen-bond donors (Lipinski definition) is 0. The first-order chi connectivity index (χ1) is 14.1. The number of hydrogen-bond acceptors (Lipinski definition) is 6. The minimum Gasteiger partial charge on any atom is -0.497 e. The normalized spacial score (nSPS) is 14.9. The second-order valence-corrected chi connectivity index (χ2v) is 8.91. The molecule has 0 radical (unpaired) electrons. The van der Waals surface area contributed by atoms with Gasteiger partial charge < -0.3 is 14.4 Å². The van der Waals surface area contributed by atoms with Crippen LogP contribution in [0.4, 0.5) is 0 Å². The zero-order valence-electron chi connectivity index (χ0n) is 16.6. The Labute approximate surface area is 179 Å². The Morgan fingerprint density at radius 1 is 1.21 bits per heavy atom. The fourth-order valence-electron chi connectivity index (χ4n) is 3.46. The lowest BCUT2D eigenvalue weighted by Gasteiger charge is -2.31. The number of amides is 1. The fraction of sp³-hybridized carbons (Fsp3) is 0.364. The van der Waals surface area contributed by atoms with Crippen molar-refractivity contribution in [3.05, 3.63) is 48.0 Å². The van der Waals surface area contributed by atoms with E-state index in [4.69, 9.17) is 9.47 Å². The second kappa shape index (κ2) is 9.05. The van der Waals surface area contributed by atoms with Gasteiger partial charge in [0.2, 0.25) is 5.91 Å². The molecule has 1 aliphatic heterocycles. The van der Waals surface area contributed by atoms with E-state index in [2.05, 4.69) is 23.4 Å². The van der Waals surface area contributed by atoms with Gasteiger partial charge in [-0.1, -0.05) is 23.5 Å². The van der Waals surface area contributed by atoms with Gasteiger partial charge in [-0.3, -0.25) is 4.79 Å². The molecular formula is C22H24N2O3S2. The smallest absolute Gasteiger partial charge is 0.274 e. The van der Waals surface area contributed by atoms with E-state index < -0.39 is 0 Å². The Bertz CT molecular complexity index is 979. The van der Waals surface area contributed by atoms with E-state index in [0.717, 1.165) is 47.5 Å². The summed E-state index contributed by atoms with van der Waals surface area (Å²) in [7, 11) is 1.66. The maximum absolute atomic E-state index is 12.6. The monoisotopic (exact) mass is 428 g/mol. The number of piperidine rings is 1. The van der Waals surface area contributed by atoms with Crippen LogP contribution < -0.4 is 9.47 Å². The third-order valence-electron chi connectivity index (χ3n) is 5.15. The number of likely N-dealkylation sites (tertiary alicyclic amines) is 1. The molecule has 0 aliphatic carbocycles. The molecule has 0 unspecified atom stereocenters. The van der Waals surface area contributed by atoms with Gasteiger partial charge in [0.1, 0.15) is 11.9 Å².